The van der Waals surface area contributed by atoms with Gasteiger partial charge < -0.3 is 33.9 Å². The maximum atomic E-state index is 9.68. The molecule has 0 amide bonds. The topological polar surface area (TPSA) is 184 Å². The van der Waals surface area contributed by atoms with E-state index in [1.54, 1.807) is 13.8 Å². The first kappa shape index (κ1) is 28.1. The Bertz CT molecular complexity index is 929. The van der Waals surface area contributed by atoms with E-state index < -0.39 is 30.8 Å². The van der Waals surface area contributed by atoms with Crippen LogP contribution in [0, 0.1) is 11.8 Å². The summed E-state index contributed by atoms with van der Waals surface area (Å²) in [5, 5.41) is 26.0. The van der Waals surface area contributed by atoms with Crippen LogP contribution in [0.5, 0.6) is 0 Å². The van der Waals surface area contributed by atoms with Crippen molar-refractivity contribution in [2.24, 2.45) is 22.1 Å². The van der Waals surface area contributed by atoms with Gasteiger partial charge in [-0.1, -0.05) is 54.4 Å². The molecule has 2 N–H and O–H groups in total. The van der Waals surface area contributed by atoms with Crippen molar-refractivity contribution in [3.8, 4) is 0 Å². The lowest BCUT2D eigenvalue weighted by Gasteiger charge is -2.47. The Balaban J connectivity index is 0.000000223. The number of nitrogens with zero attached hydrogens (tertiary/aromatic N) is 6. The van der Waals surface area contributed by atoms with Gasteiger partial charge in [0.25, 0.3) is 0 Å². The molecule has 3 aliphatic heterocycles. The van der Waals surface area contributed by atoms with E-state index in [-0.39, 0.29) is 42.8 Å². The molecule has 3 heterocycles. The summed E-state index contributed by atoms with van der Waals surface area (Å²) in [6, 6.07) is 8.95. The van der Waals surface area contributed by atoms with Crippen LogP contribution in [0.1, 0.15) is 32.6 Å². The third kappa shape index (κ3) is 6.27. The molecule has 0 aliphatic carbocycles. The lowest BCUT2D eigenvalue weighted by atomic mass is 9.87. The van der Waals surface area contributed by atoms with Gasteiger partial charge in [0.1, 0.15) is 12.2 Å². The molecule has 1 aromatic carbocycles. The zero-order chi connectivity index (χ0) is 26.2. The Morgan fingerprint density at radius 2 is 1.67 bits per heavy atom. The van der Waals surface area contributed by atoms with Crippen molar-refractivity contribution in [1.82, 2.24) is 0 Å². The molecule has 11 atom stereocenters. The first-order valence-corrected chi connectivity index (χ1v) is 11.9. The normalized spacial score (nSPS) is 39.9. The zero-order valence-corrected chi connectivity index (χ0v) is 20.8. The standard InChI is InChI=1S/C15H19N3O4.C8H15N3O3/c1-9-12(17-18-16)15(19-2)21-11-8-20-14(22-13(9)11)10-6-4-3-5-7-10;1-4-7(10-11-9)5(2)14-6(3-12)8(4)13/h3-7,9,11-15H,8H2,1-2H3;4-8,12-13H,3H2,1-2H3/t9-,11?,12?,13+,14?,15+;4-,5-,6?,7?,8+/m11/s1. The summed E-state index contributed by atoms with van der Waals surface area (Å²) in [4.78, 5) is 5.62. The van der Waals surface area contributed by atoms with Crippen molar-refractivity contribution in [2.75, 3.05) is 20.3 Å². The molecule has 13 heteroatoms. The van der Waals surface area contributed by atoms with Crippen LogP contribution in [-0.4, -0.2) is 79.4 Å². The molecule has 0 aromatic heterocycles. The first-order chi connectivity index (χ1) is 17.4. The predicted octanol–water partition coefficient (Wildman–Crippen LogP) is 3.23. The van der Waals surface area contributed by atoms with Gasteiger partial charge in [0.2, 0.25) is 0 Å². The molecule has 0 radical (unpaired) electrons. The molecule has 0 saturated carbocycles. The highest BCUT2D eigenvalue weighted by atomic mass is 16.7. The quantitative estimate of drug-likeness (QED) is 0.349. The lowest BCUT2D eigenvalue weighted by Crippen LogP contribution is -2.57. The van der Waals surface area contributed by atoms with E-state index in [9.17, 15) is 5.11 Å². The van der Waals surface area contributed by atoms with Crippen molar-refractivity contribution >= 4 is 0 Å². The number of azide groups is 2. The largest absolute Gasteiger partial charge is 0.394 e. The highest BCUT2D eigenvalue weighted by Gasteiger charge is 2.47. The van der Waals surface area contributed by atoms with Crippen molar-refractivity contribution in [2.45, 2.75) is 76.0 Å². The second-order valence-electron chi connectivity index (χ2n) is 9.12. The summed E-state index contributed by atoms with van der Waals surface area (Å²) >= 11 is 0. The predicted molar refractivity (Wildman–Crippen MR) is 127 cm³/mol. The number of hydrogen-bond acceptors (Lipinski definition) is 9. The average molecular weight is 507 g/mol. The van der Waals surface area contributed by atoms with Crippen molar-refractivity contribution in [1.29, 1.82) is 0 Å². The minimum atomic E-state index is -0.785. The van der Waals surface area contributed by atoms with Gasteiger partial charge in [-0.25, -0.2) is 0 Å². The van der Waals surface area contributed by atoms with Crippen LogP contribution in [0.25, 0.3) is 20.9 Å². The third-order valence-corrected chi connectivity index (χ3v) is 6.89. The van der Waals surface area contributed by atoms with Gasteiger partial charge in [0.05, 0.1) is 43.6 Å². The summed E-state index contributed by atoms with van der Waals surface area (Å²) in [6.07, 6.45) is -3.09. The molecular weight excluding hydrogens is 472 g/mol. The van der Waals surface area contributed by atoms with Gasteiger partial charge >= 0.3 is 0 Å². The highest BCUT2D eigenvalue weighted by Crippen LogP contribution is 2.38. The maximum absolute atomic E-state index is 9.68. The molecule has 198 valence electrons. The van der Waals surface area contributed by atoms with E-state index in [0.717, 1.165) is 5.56 Å². The fraction of sp³-hybridized carbons (Fsp3) is 0.739. The van der Waals surface area contributed by atoms with Crippen LogP contribution in [0.2, 0.25) is 0 Å². The number of methoxy groups -OCH3 is 1. The Kier molecular flexibility index (Phi) is 10.3. The highest BCUT2D eigenvalue weighted by molar-refractivity contribution is 5.16. The van der Waals surface area contributed by atoms with Crippen LogP contribution >= 0.6 is 0 Å². The Morgan fingerprint density at radius 1 is 1.00 bits per heavy atom. The van der Waals surface area contributed by atoms with Gasteiger partial charge in [-0.2, -0.15) is 0 Å². The third-order valence-electron chi connectivity index (χ3n) is 6.89. The molecule has 3 fully saturated rings. The summed E-state index contributed by atoms with van der Waals surface area (Å²) < 4.78 is 28.3. The second-order valence-corrected chi connectivity index (χ2v) is 9.12. The van der Waals surface area contributed by atoms with Crippen LogP contribution in [-0.2, 0) is 23.7 Å². The van der Waals surface area contributed by atoms with Gasteiger partial charge in [0.15, 0.2) is 12.6 Å². The van der Waals surface area contributed by atoms with E-state index in [0.29, 0.717) is 6.61 Å². The SMILES string of the molecule is CO[C@H]1OC2COC(c3ccccc3)O[C@H]2[C@H](C)C1N=[N+]=[N-].C[C@@H]1C(N=[N+]=[N-])[C@@H](C)OC(CO)[C@H]1O. The fourth-order valence-electron chi connectivity index (χ4n) is 4.83. The van der Waals surface area contributed by atoms with Crippen LogP contribution in [0.15, 0.2) is 40.6 Å². The number of hydrogen-bond donors (Lipinski definition) is 2. The van der Waals surface area contributed by atoms with E-state index in [1.165, 1.54) is 7.11 Å². The van der Waals surface area contributed by atoms with Gasteiger partial charge in [-0.05, 0) is 29.8 Å². The molecule has 36 heavy (non-hydrogen) atoms. The molecule has 3 saturated heterocycles. The minimum Gasteiger partial charge on any atom is -0.394 e. The minimum absolute atomic E-state index is 0.0327. The molecular formula is C23H34N6O7. The summed E-state index contributed by atoms with van der Waals surface area (Å²) in [5.41, 5.74) is 18.1. The molecule has 5 unspecified atom stereocenters. The van der Waals surface area contributed by atoms with Crippen LogP contribution < -0.4 is 0 Å². The number of ether oxygens (including phenoxy) is 5. The smallest absolute Gasteiger partial charge is 0.184 e. The Morgan fingerprint density at radius 3 is 2.28 bits per heavy atom. The molecule has 0 spiro atoms. The zero-order valence-electron chi connectivity index (χ0n) is 20.8. The van der Waals surface area contributed by atoms with Crippen LogP contribution in [0.3, 0.4) is 0 Å². The molecule has 13 nitrogen and oxygen atoms in total. The first-order valence-electron chi connectivity index (χ1n) is 11.9. The van der Waals surface area contributed by atoms with Gasteiger partial charge in [-0.15, -0.1) is 0 Å². The molecule has 4 rings (SSSR count). The summed E-state index contributed by atoms with van der Waals surface area (Å²) in [7, 11) is 1.54. The van der Waals surface area contributed by atoms with Crippen molar-refractivity contribution < 1.29 is 33.9 Å². The van der Waals surface area contributed by atoms with Gasteiger partial charge in [0, 0.05) is 22.5 Å². The Labute approximate surface area is 209 Å². The fourth-order valence-corrected chi connectivity index (χ4v) is 4.83. The van der Waals surface area contributed by atoms with E-state index in [1.807, 2.05) is 37.3 Å². The van der Waals surface area contributed by atoms with E-state index >= 15 is 0 Å². The molecule has 1 aromatic rings. The monoisotopic (exact) mass is 506 g/mol. The maximum Gasteiger partial charge on any atom is 0.184 e. The average Bonchev–Trinajstić information content (AvgIpc) is 2.91. The molecule has 0 bridgehead atoms. The number of aliphatic hydroxyl groups is 2. The van der Waals surface area contributed by atoms with Crippen molar-refractivity contribution in [3.63, 3.8) is 0 Å². The molecule has 3 aliphatic rings. The van der Waals surface area contributed by atoms with Crippen molar-refractivity contribution in [3.05, 3.63) is 56.8 Å². The summed E-state index contributed by atoms with van der Waals surface area (Å²) in [5.74, 6) is -0.235. The van der Waals surface area contributed by atoms with Crippen LogP contribution in [0.4, 0.5) is 0 Å². The number of rotatable bonds is 5. The summed E-state index contributed by atoms with van der Waals surface area (Å²) in [6.45, 7) is 5.73. The van der Waals surface area contributed by atoms with Gasteiger partial charge in [-0.3, -0.25) is 0 Å². The number of fused-ring (bicyclic) bond motifs is 1. The number of aliphatic hydroxyl groups excluding tert-OH is 2. The van der Waals surface area contributed by atoms with E-state index in [4.69, 9.17) is 39.9 Å². The van der Waals surface area contributed by atoms with E-state index in [2.05, 4.69) is 20.1 Å². The lowest BCUT2D eigenvalue weighted by molar-refractivity contribution is -0.330. The second kappa shape index (κ2) is 13.2. The number of benzene rings is 1. The Hall–Kier alpha value is -2.44.